The standard InChI is InChI=1S/C15H19NO5/c1-15(2)20-10-11(13(16)17)19-14(12(10)21-15)18-8-9-6-4-3-5-7-9/h3-7,10-12,14H,8H2,1-2H3,(H2,16,17)/t10-,11+,12+,14+/m0/s1. The van der Waals surface area contributed by atoms with Crippen molar-refractivity contribution in [3.8, 4) is 0 Å². The van der Waals surface area contributed by atoms with Crippen LogP contribution in [0.3, 0.4) is 0 Å². The Kier molecular flexibility index (Phi) is 3.71. The maximum Gasteiger partial charge on any atom is 0.249 e. The molecule has 0 unspecified atom stereocenters. The molecule has 1 amide bonds. The molecule has 6 nitrogen and oxygen atoms in total. The smallest absolute Gasteiger partial charge is 0.249 e. The zero-order valence-electron chi connectivity index (χ0n) is 12.0. The maximum atomic E-state index is 11.5. The highest BCUT2D eigenvalue weighted by Gasteiger charge is 2.57. The lowest BCUT2D eigenvalue weighted by Gasteiger charge is -2.23. The molecule has 114 valence electrons. The zero-order valence-corrected chi connectivity index (χ0v) is 12.0. The Hall–Kier alpha value is -1.47. The Morgan fingerprint density at radius 3 is 2.57 bits per heavy atom. The summed E-state index contributed by atoms with van der Waals surface area (Å²) in [5.41, 5.74) is 6.37. The van der Waals surface area contributed by atoms with E-state index in [0.29, 0.717) is 6.61 Å². The van der Waals surface area contributed by atoms with Crippen molar-refractivity contribution < 1.29 is 23.7 Å². The lowest BCUT2D eigenvalue weighted by atomic mass is 10.1. The number of rotatable bonds is 4. The summed E-state index contributed by atoms with van der Waals surface area (Å²) in [7, 11) is 0. The number of primary amides is 1. The Labute approximate surface area is 123 Å². The van der Waals surface area contributed by atoms with E-state index in [0.717, 1.165) is 5.56 Å². The topological polar surface area (TPSA) is 80.0 Å². The van der Waals surface area contributed by atoms with Crippen molar-refractivity contribution in [1.29, 1.82) is 0 Å². The molecule has 2 aliphatic rings. The van der Waals surface area contributed by atoms with Gasteiger partial charge >= 0.3 is 0 Å². The summed E-state index contributed by atoms with van der Waals surface area (Å²) in [6, 6.07) is 9.70. The minimum Gasteiger partial charge on any atom is -0.367 e. The van der Waals surface area contributed by atoms with Crippen LogP contribution in [-0.2, 0) is 30.3 Å². The van der Waals surface area contributed by atoms with Crippen molar-refractivity contribution in [2.45, 2.75) is 50.8 Å². The van der Waals surface area contributed by atoms with Gasteiger partial charge in [0, 0.05) is 0 Å². The van der Waals surface area contributed by atoms with Crippen LogP contribution in [-0.4, -0.2) is 36.3 Å². The molecule has 3 rings (SSSR count). The molecule has 4 atom stereocenters. The minimum atomic E-state index is -0.849. The number of ether oxygens (including phenoxy) is 4. The average molecular weight is 293 g/mol. The first-order chi connectivity index (χ1) is 9.96. The van der Waals surface area contributed by atoms with Crippen LogP contribution < -0.4 is 5.73 Å². The van der Waals surface area contributed by atoms with Gasteiger partial charge in [-0.2, -0.15) is 0 Å². The molecule has 2 aliphatic heterocycles. The van der Waals surface area contributed by atoms with Crippen LogP contribution in [0.2, 0.25) is 0 Å². The zero-order chi connectivity index (χ0) is 15.0. The number of amides is 1. The van der Waals surface area contributed by atoms with Crippen LogP contribution >= 0.6 is 0 Å². The molecule has 21 heavy (non-hydrogen) atoms. The predicted molar refractivity (Wildman–Crippen MR) is 72.9 cm³/mol. The van der Waals surface area contributed by atoms with Crippen molar-refractivity contribution in [1.82, 2.24) is 0 Å². The Bertz CT molecular complexity index is 518. The predicted octanol–water partition coefficient (Wildman–Crippen LogP) is 0.933. The molecule has 2 fully saturated rings. The summed E-state index contributed by atoms with van der Waals surface area (Å²) in [4.78, 5) is 11.5. The highest BCUT2D eigenvalue weighted by atomic mass is 16.8. The number of hydrogen-bond donors (Lipinski definition) is 1. The molecule has 2 heterocycles. The van der Waals surface area contributed by atoms with Crippen LogP contribution in [0.1, 0.15) is 19.4 Å². The molecule has 0 bridgehead atoms. The van der Waals surface area contributed by atoms with Gasteiger partial charge in [-0.3, -0.25) is 4.79 Å². The van der Waals surface area contributed by atoms with E-state index in [1.54, 1.807) is 13.8 Å². The number of fused-ring (bicyclic) bond motifs is 1. The molecular weight excluding hydrogens is 274 g/mol. The van der Waals surface area contributed by atoms with Gasteiger partial charge in [0.25, 0.3) is 0 Å². The van der Waals surface area contributed by atoms with Gasteiger partial charge in [0.2, 0.25) is 5.91 Å². The van der Waals surface area contributed by atoms with Gasteiger partial charge in [-0.15, -0.1) is 0 Å². The van der Waals surface area contributed by atoms with E-state index in [1.807, 2.05) is 30.3 Å². The van der Waals surface area contributed by atoms with E-state index < -0.39 is 36.3 Å². The second-order valence-electron chi connectivity index (χ2n) is 5.69. The molecule has 6 heteroatoms. The second-order valence-corrected chi connectivity index (χ2v) is 5.69. The number of carbonyl (C=O) groups excluding carboxylic acids is 1. The minimum absolute atomic E-state index is 0.365. The lowest BCUT2D eigenvalue weighted by molar-refractivity contribution is -0.234. The molecule has 0 radical (unpaired) electrons. The number of carbonyl (C=O) groups is 1. The largest absolute Gasteiger partial charge is 0.367 e. The second kappa shape index (κ2) is 5.38. The molecule has 0 saturated carbocycles. The van der Waals surface area contributed by atoms with E-state index in [1.165, 1.54) is 0 Å². The van der Waals surface area contributed by atoms with Crippen LogP contribution in [0.25, 0.3) is 0 Å². The normalized spacial score (nSPS) is 33.8. The van der Waals surface area contributed by atoms with Crippen LogP contribution in [0.5, 0.6) is 0 Å². The van der Waals surface area contributed by atoms with Gasteiger partial charge in [0.1, 0.15) is 12.2 Å². The van der Waals surface area contributed by atoms with Crippen molar-refractivity contribution >= 4 is 5.91 Å². The fraction of sp³-hybridized carbons (Fsp3) is 0.533. The van der Waals surface area contributed by atoms with E-state index in [2.05, 4.69) is 0 Å². The summed E-state index contributed by atoms with van der Waals surface area (Å²) >= 11 is 0. The summed E-state index contributed by atoms with van der Waals surface area (Å²) in [6.45, 7) is 3.94. The molecule has 2 N–H and O–H groups in total. The van der Waals surface area contributed by atoms with Crippen LogP contribution in [0.15, 0.2) is 30.3 Å². The van der Waals surface area contributed by atoms with Crippen molar-refractivity contribution in [2.24, 2.45) is 5.73 Å². The third-order valence-corrected chi connectivity index (χ3v) is 3.55. The van der Waals surface area contributed by atoms with Gasteiger partial charge in [0.05, 0.1) is 6.61 Å². The monoisotopic (exact) mass is 293 g/mol. The van der Waals surface area contributed by atoms with Gasteiger partial charge in [-0.05, 0) is 19.4 Å². The Morgan fingerprint density at radius 1 is 1.24 bits per heavy atom. The summed E-state index contributed by atoms with van der Waals surface area (Å²) < 4.78 is 22.8. The number of nitrogens with two attached hydrogens (primary N) is 1. The van der Waals surface area contributed by atoms with Gasteiger partial charge in [-0.25, -0.2) is 0 Å². The third-order valence-electron chi connectivity index (χ3n) is 3.55. The van der Waals surface area contributed by atoms with Crippen LogP contribution in [0, 0.1) is 0 Å². The maximum absolute atomic E-state index is 11.5. The molecular formula is C15H19NO5. The fourth-order valence-electron chi connectivity index (χ4n) is 2.68. The molecule has 0 spiro atoms. The summed E-state index contributed by atoms with van der Waals surface area (Å²) in [5.74, 6) is -1.35. The molecule has 2 saturated heterocycles. The van der Waals surface area contributed by atoms with Crippen molar-refractivity contribution in [3.63, 3.8) is 0 Å². The summed E-state index contributed by atoms with van der Waals surface area (Å²) in [5, 5.41) is 0. The SMILES string of the molecule is CC1(C)O[C@@H]2[C@@H](O1)[C@H](OCc1ccccc1)O[C@H]2C(N)=O. The van der Waals surface area contributed by atoms with E-state index in [4.69, 9.17) is 24.7 Å². The molecule has 1 aromatic rings. The number of benzene rings is 1. The van der Waals surface area contributed by atoms with Crippen molar-refractivity contribution in [2.75, 3.05) is 0 Å². The summed E-state index contributed by atoms with van der Waals surface area (Å²) in [6.07, 6.45) is -2.51. The van der Waals surface area contributed by atoms with Crippen LogP contribution in [0.4, 0.5) is 0 Å². The molecule has 0 aliphatic carbocycles. The quantitative estimate of drug-likeness (QED) is 0.893. The van der Waals surface area contributed by atoms with Gasteiger partial charge in [0.15, 0.2) is 18.2 Å². The Balaban J connectivity index is 1.69. The Morgan fingerprint density at radius 2 is 1.90 bits per heavy atom. The van der Waals surface area contributed by atoms with E-state index in [9.17, 15) is 4.79 Å². The van der Waals surface area contributed by atoms with Gasteiger partial charge in [-0.1, -0.05) is 30.3 Å². The van der Waals surface area contributed by atoms with E-state index >= 15 is 0 Å². The van der Waals surface area contributed by atoms with Gasteiger partial charge < -0.3 is 24.7 Å². The highest BCUT2D eigenvalue weighted by Crippen LogP contribution is 2.39. The fourth-order valence-corrected chi connectivity index (χ4v) is 2.68. The molecule has 0 aromatic heterocycles. The van der Waals surface area contributed by atoms with Crippen molar-refractivity contribution in [3.05, 3.63) is 35.9 Å². The molecule has 1 aromatic carbocycles. The highest BCUT2D eigenvalue weighted by molar-refractivity contribution is 5.80. The third kappa shape index (κ3) is 2.94. The lowest BCUT2D eigenvalue weighted by Crippen LogP contribution is -2.39. The first kappa shape index (κ1) is 14.5. The average Bonchev–Trinajstić information content (AvgIpc) is 2.91. The van der Waals surface area contributed by atoms with E-state index in [-0.39, 0.29) is 0 Å². The first-order valence-electron chi connectivity index (χ1n) is 6.92. The number of hydrogen-bond acceptors (Lipinski definition) is 5. The first-order valence-corrected chi connectivity index (χ1v) is 6.92.